The number of piperazine rings is 1. The van der Waals surface area contributed by atoms with Gasteiger partial charge in [0.2, 0.25) is 10.0 Å². The standard InChI is InChI=1S/C23H29N3O4S/c1-30-21-7-5-6-20(18-21)24-14-16-25(17-15-24)23(27)19-8-10-22(11-9-19)31(28,29)26-12-3-2-4-13-26/h5-11,18H,2-4,12-17H2,1H3. The van der Waals surface area contributed by atoms with Crippen molar-refractivity contribution in [2.75, 3.05) is 51.3 Å². The van der Waals surface area contributed by atoms with Crippen LogP contribution in [0.4, 0.5) is 5.69 Å². The smallest absolute Gasteiger partial charge is 0.253 e. The number of carbonyl (C=O) groups is 1. The van der Waals surface area contributed by atoms with Crippen LogP contribution >= 0.6 is 0 Å². The Morgan fingerprint density at radius 3 is 2.19 bits per heavy atom. The van der Waals surface area contributed by atoms with Crippen molar-refractivity contribution in [3.05, 3.63) is 54.1 Å². The number of piperidine rings is 1. The third kappa shape index (κ3) is 4.70. The zero-order chi connectivity index (χ0) is 21.8. The fourth-order valence-corrected chi connectivity index (χ4v) is 5.70. The molecule has 0 unspecified atom stereocenters. The van der Waals surface area contributed by atoms with Gasteiger partial charge in [-0.3, -0.25) is 4.79 Å². The summed E-state index contributed by atoms with van der Waals surface area (Å²) < 4.78 is 32.5. The summed E-state index contributed by atoms with van der Waals surface area (Å²) in [5.41, 5.74) is 1.60. The third-order valence-corrected chi connectivity index (χ3v) is 7.95. The van der Waals surface area contributed by atoms with Gasteiger partial charge in [-0.15, -0.1) is 0 Å². The lowest BCUT2D eigenvalue weighted by atomic mass is 10.1. The van der Waals surface area contributed by atoms with E-state index in [1.54, 1.807) is 35.7 Å². The highest BCUT2D eigenvalue weighted by molar-refractivity contribution is 7.89. The van der Waals surface area contributed by atoms with Gasteiger partial charge in [-0.1, -0.05) is 12.5 Å². The molecule has 2 saturated heterocycles. The highest BCUT2D eigenvalue weighted by Gasteiger charge is 2.27. The van der Waals surface area contributed by atoms with Gasteiger partial charge >= 0.3 is 0 Å². The highest BCUT2D eigenvalue weighted by Crippen LogP contribution is 2.24. The van der Waals surface area contributed by atoms with Crippen molar-refractivity contribution >= 4 is 21.6 Å². The van der Waals surface area contributed by atoms with Crippen LogP contribution in [0.25, 0.3) is 0 Å². The molecule has 0 bridgehead atoms. The summed E-state index contributed by atoms with van der Waals surface area (Å²) in [5, 5.41) is 0. The minimum atomic E-state index is -3.48. The summed E-state index contributed by atoms with van der Waals surface area (Å²) in [6, 6.07) is 14.3. The van der Waals surface area contributed by atoms with E-state index < -0.39 is 10.0 Å². The SMILES string of the molecule is COc1cccc(N2CCN(C(=O)c3ccc(S(=O)(=O)N4CCCCC4)cc3)CC2)c1. The first-order valence-electron chi connectivity index (χ1n) is 10.8. The number of carbonyl (C=O) groups excluding carboxylic acids is 1. The van der Waals surface area contributed by atoms with Crippen LogP contribution in [-0.2, 0) is 10.0 Å². The predicted molar refractivity (Wildman–Crippen MR) is 120 cm³/mol. The highest BCUT2D eigenvalue weighted by atomic mass is 32.2. The first kappa shape index (κ1) is 21.6. The summed E-state index contributed by atoms with van der Waals surface area (Å²) in [6.45, 7) is 3.84. The van der Waals surface area contributed by atoms with Crippen LogP contribution in [0.3, 0.4) is 0 Å². The van der Waals surface area contributed by atoms with Gasteiger partial charge in [0.25, 0.3) is 5.91 Å². The zero-order valence-corrected chi connectivity index (χ0v) is 18.7. The second kappa shape index (κ2) is 9.28. The largest absolute Gasteiger partial charge is 0.497 e. The maximum Gasteiger partial charge on any atom is 0.253 e. The predicted octanol–water partition coefficient (Wildman–Crippen LogP) is 2.83. The molecule has 7 nitrogen and oxygen atoms in total. The van der Waals surface area contributed by atoms with Gasteiger partial charge in [-0.25, -0.2) is 8.42 Å². The molecular weight excluding hydrogens is 414 g/mol. The lowest BCUT2D eigenvalue weighted by Crippen LogP contribution is -2.48. The van der Waals surface area contributed by atoms with Gasteiger partial charge in [0.05, 0.1) is 12.0 Å². The molecule has 4 rings (SSSR count). The van der Waals surface area contributed by atoms with E-state index >= 15 is 0 Å². The number of rotatable bonds is 5. The molecule has 2 aliphatic heterocycles. The Balaban J connectivity index is 1.39. The first-order chi connectivity index (χ1) is 15.0. The lowest BCUT2D eigenvalue weighted by Gasteiger charge is -2.36. The molecule has 1 amide bonds. The van der Waals surface area contributed by atoms with Crippen LogP contribution in [0.2, 0.25) is 0 Å². The summed E-state index contributed by atoms with van der Waals surface area (Å²) in [5.74, 6) is 0.753. The molecule has 2 aromatic carbocycles. The Hall–Kier alpha value is -2.58. The number of anilines is 1. The van der Waals surface area contributed by atoms with E-state index in [4.69, 9.17) is 4.74 Å². The number of benzene rings is 2. The average molecular weight is 444 g/mol. The van der Waals surface area contributed by atoms with E-state index in [1.165, 1.54) is 0 Å². The molecule has 0 atom stereocenters. The number of sulfonamides is 1. The summed E-state index contributed by atoms with van der Waals surface area (Å²) in [6.07, 6.45) is 2.87. The second-order valence-corrected chi connectivity index (χ2v) is 9.91. The van der Waals surface area contributed by atoms with Gasteiger partial charge in [-0.2, -0.15) is 4.31 Å². The average Bonchev–Trinajstić information content (AvgIpc) is 2.84. The Morgan fingerprint density at radius 2 is 1.55 bits per heavy atom. The van der Waals surface area contributed by atoms with Crippen molar-refractivity contribution in [2.45, 2.75) is 24.2 Å². The van der Waals surface area contributed by atoms with Crippen molar-refractivity contribution < 1.29 is 17.9 Å². The van der Waals surface area contributed by atoms with E-state index in [-0.39, 0.29) is 10.8 Å². The Kier molecular flexibility index (Phi) is 6.48. The lowest BCUT2D eigenvalue weighted by molar-refractivity contribution is 0.0746. The minimum Gasteiger partial charge on any atom is -0.497 e. The van der Waals surface area contributed by atoms with Crippen LogP contribution in [0.15, 0.2) is 53.4 Å². The van der Waals surface area contributed by atoms with Gasteiger partial charge < -0.3 is 14.5 Å². The maximum absolute atomic E-state index is 12.9. The monoisotopic (exact) mass is 443 g/mol. The summed E-state index contributed by atoms with van der Waals surface area (Å²) in [4.78, 5) is 17.3. The minimum absolute atomic E-state index is 0.0628. The Morgan fingerprint density at radius 1 is 0.871 bits per heavy atom. The Bertz CT molecular complexity index is 1010. The van der Waals surface area contributed by atoms with Crippen LogP contribution in [0.1, 0.15) is 29.6 Å². The Labute approximate surface area is 184 Å². The third-order valence-electron chi connectivity index (χ3n) is 6.04. The molecule has 0 aliphatic carbocycles. The van der Waals surface area contributed by atoms with E-state index in [2.05, 4.69) is 4.90 Å². The molecule has 0 spiro atoms. The van der Waals surface area contributed by atoms with Gasteiger partial charge in [0.1, 0.15) is 5.75 Å². The molecule has 0 aromatic heterocycles. The molecule has 2 aliphatic rings. The van der Waals surface area contributed by atoms with E-state index in [1.807, 2.05) is 29.2 Å². The molecule has 31 heavy (non-hydrogen) atoms. The molecule has 0 radical (unpaired) electrons. The van der Waals surface area contributed by atoms with E-state index in [0.717, 1.165) is 43.8 Å². The molecule has 2 heterocycles. The zero-order valence-electron chi connectivity index (χ0n) is 17.9. The number of amides is 1. The van der Waals surface area contributed by atoms with Crippen LogP contribution in [-0.4, -0.2) is 69.9 Å². The number of hydrogen-bond acceptors (Lipinski definition) is 5. The topological polar surface area (TPSA) is 70.2 Å². The summed E-state index contributed by atoms with van der Waals surface area (Å²) in [7, 11) is -1.83. The van der Waals surface area contributed by atoms with E-state index in [9.17, 15) is 13.2 Å². The summed E-state index contributed by atoms with van der Waals surface area (Å²) >= 11 is 0. The van der Waals surface area contributed by atoms with Crippen molar-refractivity contribution in [3.63, 3.8) is 0 Å². The normalized spacial score (nSPS) is 18.1. The van der Waals surface area contributed by atoms with Gasteiger partial charge in [0.15, 0.2) is 0 Å². The number of methoxy groups -OCH3 is 1. The van der Waals surface area contributed by atoms with Crippen LogP contribution in [0.5, 0.6) is 5.75 Å². The number of hydrogen-bond donors (Lipinski definition) is 0. The van der Waals surface area contributed by atoms with Crippen molar-refractivity contribution in [3.8, 4) is 5.75 Å². The molecule has 2 fully saturated rings. The van der Waals surface area contributed by atoms with Gasteiger partial charge in [0, 0.05) is 56.6 Å². The molecule has 0 N–H and O–H groups in total. The van der Waals surface area contributed by atoms with Crippen LogP contribution in [0, 0.1) is 0 Å². The van der Waals surface area contributed by atoms with Gasteiger partial charge in [-0.05, 0) is 49.2 Å². The number of nitrogens with zero attached hydrogens (tertiary/aromatic N) is 3. The molecule has 0 saturated carbocycles. The van der Waals surface area contributed by atoms with Crippen molar-refractivity contribution in [2.24, 2.45) is 0 Å². The van der Waals surface area contributed by atoms with Crippen molar-refractivity contribution in [1.82, 2.24) is 9.21 Å². The molecular formula is C23H29N3O4S. The second-order valence-electron chi connectivity index (χ2n) is 7.97. The maximum atomic E-state index is 12.9. The molecule has 166 valence electrons. The first-order valence-corrected chi connectivity index (χ1v) is 12.2. The number of ether oxygens (including phenoxy) is 1. The van der Waals surface area contributed by atoms with E-state index in [0.29, 0.717) is 31.7 Å². The fraction of sp³-hybridized carbons (Fsp3) is 0.435. The molecule has 2 aromatic rings. The molecule has 8 heteroatoms. The van der Waals surface area contributed by atoms with Crippen molar-refractivity contribution in [1.29, 1.82) is 0 Å². The van der Waals surface area contributed by atoms with Crippen LogP contribution < -0.4 is 9.64 Å². The quantitative estimate of drug-likeness (QED) is 0.711. The fourth-order valence-electron chi connectivity index (χ4n) is 4.18.